The molecule has 4 atom stereocenters. The van der Waals surface area contributed by atoms with E-state index in [9.17, 15) is 4.79 Å². The summed E-state index contributed by atoms with van der Waals surface area (Å²) >= 11 is 0. The van der Waals surface area contributed by atoms with Crippen molar-refractivity contribution >= 4 is 18.3 Å². The zero-order chi connectivity index (χ0) is 14.7. The Morgan fingerprint density at radius 2 is 2.00 bits per heavy atom. The van der Waals surface area contributed by atoms with Gasteiger partial charge < -0.3 is 20.1 Å². The molecule has 1 aromatic rings. The molecule has 2 aliphatic rings. The van der Waals surface area contributed by atoms with E-state index in [0.717, 1.165) is 12.0 Å². The number of hydrogen-bond donors (Lipinski definition) is 2. The fraction of sp³-hybridized carbons (Fsp3) is 0.562. The molecule has 2 saturated heterocycles. The third kappa shape index (κ3) is 3.79. The number of ether oxygens (including phenoxy) is 2. The fourth-order valence-electron chi connectivity index (χ4n) is 3.01. The normalized spacial score (nSPS) is 31.3. The number of rotatable bonds is 3. The average molecular weight is 327 g/mol. The molecule has 2 heterocycles. The highest BCUT2D eigenvalue weighted by Crippen LogP contribution is 2.29. The number of amides is 1. The maximum Gasteiger partial charge on any atom is 0.240 e. The van der Waals surface area contributed by atoms with Crippen LogP contribution in [0.15, 0.2) is 30.3 Å². The largest absolute Gasteiger partial charge is 0.375 e. The summed E-state index contributed by atoms with van der Waals surface area (Å²) < 4.78 is 11.3. The lowest BCUT2D eigenvalue weighted by atomic mass is 10.0. The van der Waals surface area contributed by atoms with Gasteiger partial charge in [0.05, 0.1) is 18.8 Å². The van der Waals surface area contributed by atoms with Crippen molar-refractivity contribution in [1.82, 2.24) is 10.6 Å². The molecule has 0 bridgehead atoms. The Kier molecular flexibility index (Phi) is 6.20. The van der Waals surface area contributed by atoms with Crippen LogP contribution >= 0.6 is 12.4 Å². The van der Waals surface area contributed by atoms with Crippen LogP contribution < -0.4 is 10.6 Å². The number of hydrogen-bond acceptors (Lipinski definition) is 4. The molecule has 122 valence electrons. The van der Waals surface area contributed by atoms with E-state index < -0.39 is 0 Å². The Hall–Kier alpha value is -1.14. The Bertz CT molecular complexity index is 486. The van der Waals surface area contributed by atoms with Crippen molar-refractivity contribution in [2.24, 2.45) is 0 Å². The van der Waals surface area contributed by atoms with Gasteiger partial charge in [-0.15, -0.1) is 12.4 Å². The lowest BCUT2D eigenvalue weighted by Crippen LogP contribution is -2.57. The highest BCUT2D eigenvalue weighted by Gasteiger charge is 2.35. The summed E-state index contributed by atoms with van der Waals surface area (Å²) in [6.45, 7) is 3.97. The van der Waals surface area contributed by atoms with Gasteiger partial charge in [0.15, 0.2) is 0 Å². The van der Waals surface area contributed by atoms with E-state index in [1.165, 1.54) is 0 Å². The minimum atomic E-state index is -0.282. The molecule has 2 aliphatic heterocycles. The average Bonchev–Trinajstić information content (AvgIpc) is 2.96. The first-order valence-corrected chi connectivity index (χ1v) is 7.57. The molecule has 0 aliphatic carbocycles. The summed E-state index contributed by atoms with van der Waals surface area (Å²) in [7, 11) is 0. The highest BCUT2D eigenvalue weighted by molar-refractivity contribution is 5.85. The van der Waals surface area contributed by atoms with Crippen LogP contribution in [-0.4, -0.2) is 43.9 Å². The van der Waals surface area contributed by atoms with Crippen molar-refractivity contribution in [2.75, 3.05) is 19.8 Å². The van der Waals surface area contributed by atoms with E-state index in [1.54, 1.807) is 0 Å². The molecule has 0 saturated carbocycles. The van der Waals surface area contributed by atoms with Crippen LogP contribution in [0.2, 0.25) is 0 Å². The second-order valence-corrected chi connectivity index (χ2v) is 5.61. The smallest absolute Gasteiger partial charge is 0.240 e. The molecule has 5 nitrogen and oxygen atoms in total. The molecule has 6 heteroatoms. The van der Waals surface area contributed by atoms with Gasteiger partial charge in [0.25, 0.3) is 0 Å². The van der Waals surface area contributed by atoms with E-state index in [1.807, 2.05) is 37.3 Å². The van der Waals surface area contributed by atoms with E-state index in [2.05, 4.69) is 10.6 Å². The summed E-state index contributed by atoms with van der Waals surface area (Å²) in [5, 5.41) is 6.34. The number of benzene rings is 1. The summed E-state index contributed by atoms with van der Waals surface area (Å²) in [6.07, 6.45) is 0.680. The van der Waals surface area contributed by atoms with Crippen molar-refractivity contribution < 1.29 is 14.3 Å². The van der Waals surface area contributed by atoms with Gasteiger partial charge >= 0.3 is 0 Å². The fourth-order valence-corrected chi connectivity index (χ4v) is 3.01. The van der Waals surface area contributed by atoms with Crippen LogP contribution in [0.3, 0.4) is 0 Å². The molecule has 0 spiro atoms. The van der Waals surface area contributed by atoms with Gasteiger partial charge in [0.2, 0.25) is 5.91 Å². The van der Waals surface area contributed by atoms with Crippen molar-refractivity contribution in [3.8, 4) is 0 Å². The lowest BCUT2D eigenvalue weighted by molar-refractivity contribution is -0.130. The molecule has 0 aromatic heterocycles. The SMILES string of the molecule is C[C@H]1OCCN[C@@H]1C(=O)NC1CCOC1c1ccccc1.Cl. The molecule has 1 aromatic carbocycles. The first kappa shape index (κ1) is 17.2. The van der Waals surface area contributed by atoms with Crippen LogP contribution in [0.4, 0.5) is 0 Å². The molecule has 22 heavy (non-hydrogen) atoms. The second-order valence-electron chi connectivity index (χ2n) is 5.61. The molecular formula is C16H23ClN2O3. The molecular weight excluding hydrogens is 304 g/mol. The second kappa shape index (κ2) is 7.92. The first-order valence-electron chi connectivity index (χ1n) is 7.57. The monoisotopic (exact) mass is 326 g/mol. The first-order chi connectivity index (χ1) is 10.3. The maximum absolute atomic E-state index is 12.4. The maximum atomic E-state index is 12.4. The van der Waals surface area contributed by atoms with Gasteiger partial charge in [0, 0.05) is 13.2 Å². The van der Waals surface area contributed by atoms with Crippen molar-refractivity contribution in [1.29, 1.82) is 0 Å². The van der Waals surface area contributed by atoms with Gasteiger partial charge in [-0.3, -0.25) is 4.79 Å². The predicted octanol–water partition coefficient (Wildman–Crippen LogP) is 1.43. The van der Waals surface area contributed by atoms with Crippen LogP contribution in [-0.2, 0) is 14.3 Å². The molecule has 0 radical (unpaired) electrons. The van der Waals surface area contributed by atoms with Gasteiger partial charge in [0.1, 0.15) is 12.1 Å². The standard InChI is InChI=1S/C16H22N2O3.ClH/c1-11-14(17-8-10-20-11)16(19)18-13-7-9-21-15(13)12-5-3-2-4-6-12;/h2-6,11,13-15,17H,7-10H2,1H3,(H,18,19);1H/t11-,13?,14+,15?;/m1./s1. The van der Waals surface area contributed by atoms with Gasteiger partial charge in [-0.05, 0) is 18.9 Å². The van der Waals surface area contributed by atoms with E-state index in [0.29, 0.717) is 19.8 Å². The predicted molar refractivity (Wildman–Crippen MR) is 86.1 cm³/mol. The van der Waals surface area contributed by atoms with Crippen LogP contribution in [0.25, 0.3) is 0 Å². The third-order valence-corrected chi connectivity index (χ3v) is 4.15. The van der Waals surface area contributed by atoms with Crippen molar-refractivity contribution in [3.63, 3.8) is 0 Å². The van der Waals surface area contributed by atoms with Gasteiger partial charge in [-0.2, -0.15) is 0 Å². The number of carbonyl (C=O) groups excluding carboxylic acids is 1. The van der Waals surface area contributed by atoms with Crippen molar-refractivity contribution in [3.05, 3.63) is 35.9 Å². The van der Waals surface area contributed by atoms with Crippen LogP contribution in [0.5, 0.6) is 0 Å². The number of nitrogens with one attached hydrogen (secondary N) is 2. The Labute approximate surface area is 137 Å². The van der Waals surface area contributed by atoms with Gasteiger partial charge in [-0.25, -0.2) is 0 Å². The van der Waals surface area contributed by atoms with Crippen LogP contribution in [0, 0.1) is 0 Å². The molecule has 1 amide bonds. The van der Waals surface area contributed by atoms with Crippen molar-refractivity contribution in [2.45, 2.75) is 37.6 Å². The highest BCUT2D eigenvalue weighted by atomic mass is 35.5. The van der Waals surface area contributed by atoms with E-state index >= 15 is 0 Å². The Morgan fingerprint density at radius 3 is 2.73 bits per heavy atom. The minimum absolute atomic E-state index is 0. The van der Waals surface area contributed by atoms with Crippen LogP contribution in [0.1, 0.15) is 25.0 Å². The Balaban J connectivity index is 0.00000176. The summed E-state index contributed by atoms with van der Waals surface area (Å²) in [5.41, 5.74) is 1.11. The zero-order valence-corrected chi connectivity index (χ0v) is 13.5. The lowest BCUT2D eigenvalue weighted by Gasteiger charge is -2.31. The topological polar surface area (TPSA) is 59.6 Å². The number of morpholine rings is 1. The number of carbonyl (C=O) groups is 1. The van der Waals surface area contributed by atoms with E-state index in [4.69, 9.17) is 9.47 Å². The summed E-state index contributed by atoms with van der Waals surface area (Å²) in [4.78, 5) is 12.4. The Morgan fingerprint density at radius 1 is 1.23 bits per heavy atom. The zero-order valence-electron chi connectivity index (χ0n) is 12.7. The van der Waals surface area contributed by atoms with Gasteiger partial charge in [-0.1, -0.05) is 30.3 Å². The van der Waals surface area contributed by atoms with E-state index in [-0.39, 0.29) is 42.6 Å². The molecule has 2 fully saturated rings. The number of halogens is 1. The summed E-state index contributed by atoms with van der Waals surface area (Å²) in [5.74, 6) is -0.00127. The molecule has 2 unspecified atom stereocenters. The summed E-state index contributed by atoms with van der Waals surface area (Å²) in [6, 6.07) is 9.80. The quantitative estimate of drug-likeness (QED) is 0.882. The minimum Gasteiger partial charge on any atom is -0.375 e. The molecule has 3 rings (SSSR count). The third-order valence-electron chi connectivity index (χ3n) is 4.15. The molecule has 2 N–H and O–H groups in total.